The molecule has 5 heteroatoms. The Balaban J connectivity index is 4.28. The number of hydrogen-bond donors (Lipinski definition) is 0. The highest BCUT2D eigenvalue weighted by atomic mass is 16.6. The first-order valence-electron chi connectivity index (χ1n) is 27.5. The van der Waals surface area contributed by atoms with Gasteiger partial charge in [-0.15, -0.1) is 0 Å². The van der Waals surface area contributed by atoms with Crippen molar-refractivity contribution in [3.8, 4) is 0 Å². The van der Waals surface area contributed by atoms with Gasteiger partial charge < -0.3 is 14.2 Å². The molecule has 0 aromatic heterocycles. The van der Waals surface area contributed by atoms with E-state index in [-0.39, 0.29) is 25.2 Å². The molecule has 1 atom stereocenters. The maximum Gasteiger partial charge on any atom is 0.306 e. The lowest BCUT2D eigenvalue weighted by Crippen LogP contribution is -2.30. The molecule has 62 heavy (non-hydrogen) atoms. The first kappa shape index (κ1) is 60.1. The van der Waals surface area contributed by atoms with Gasteiger partial charge in [0, 0.05) is 19.4 Å². The Kier molecular flexibility index (Phi) is 51.8. The van der Waals surface area contributed by atoms with Crippen LogP contribution in [0.2, 0.25) is 0 Å². The summed E-state index contributed by atoms with van der Waals surface area (Å²) in [6, 6.07) is 0. The summed E-state index contributed by atoms with van der Waals surface area (Å²) in [5.41, 5.74) is 0. The second-order valence-electron chi connectivity index (χ2n) is 18.5. The van der Waals surface area contributed by atoms with Gasteiger partial charge in [0.1, 0.15) is 6.61 Å². The summed E-state index contributed by atoms with van der Waals surface area (Å²) in [6.07, 6.45) is 64.4. The van der Waals surface area contributed by atoms with Gasteiger partial charge in [-0.25, -0.2) is 0 Å². The molecule has 0 aromatic rings. The molecule has 0 saturated heterocycles. The molecule has 5 nitrogen and oxygen atoms in total. The lowest BCUT2D eigenvalue weighted by molar-refractivity contribution is -0.163. The van der Waals surface area contributed by atoms with E-state index in [0.29, 0.717) is 19.4 Å². The van der Waals surface area contributed by atoms with Crippen molar-refractivity contribution in [3.05, 3.63) is 36.5 Å². The predicted molar refractivity (Wildman–Crippen MR) is 270 cm³/mol. The summed E-state index contributed by atoms with van der Waals surface area (Å²) >= 11 is 0. The highest BCUT2D eigenvalue weighted by Crippen LogP contribution is 2.14. The predicted octanol–water partition coefficient (Wildman–Crippen LogP) is 18.6. The lowest BCUT2D eigenvalue weighted by Gasteiger charge is -2.18. The van der Waals surface area contributed by atoms with Gasteiger partial charge >= 0.3 is 11.9 Å². The fourth-order valence-corrected chi connectivity index (χ4v) is 7.97. The van der Waals surface area contributed by atoms with Crippen LogP contribution in [0.5, 0.6) is 0 Å². The van der Waals surface area contributed by atoms with Crippen LogP contribution in [0.4, 0.5) is 0 Å². The number of carbonyl (C=O) groups excluding carboxylic acids is 2. The van der Waals surface area contributed by atoms with E-state index >= 15 is 0 Å². The van der Waals surface area contributed by atoms with E-state index in [1.54, 1.807) is 0 Å². The van der Waals surface area contributed by atoms with E-state index in [4.69, 9.17) is 14.2 Å². The zero-order valence-electron chi connectivity index (χ0n) is 41.9. The minimum absolute atomic E-state index is 0.0788. The van der Waals surface area contributed by atoms with Crippen molar-refractivity contribution in [1.29, 1.82) is 0 Å². The zero-order chi connectivity index (χ0) is 44.9. The number of unbranched alkanes of at least 4 members (excludes halogenated alkanes) is 34. The maximum absolute atomic E-state index is 12.8. The van der Waals surface area contributed by atoms with Gasteiger partial charge in [-0.1, -0.05) is 218 Å². The molecular formula is C57H106O5. The van der Waals surface area contributed by atoms with Gasteiger partial charge in [0.05, 0.1) is 6.61 Å². The van der Waals surface area contributed by atoms with Crippen LogP contribution >= 0.6 is 0 Å². The normalized spacial score (nSPS) is 12.4. The first-order chi connectivity index (χ1) is 30.6. The molecule has 0 heterocycles. The van der Waals surface area contributed by atoms with Crippen molar-refractivity contribution in [3.63, 3.8) is 0 Å². The first-order valence-corrected chi connectivity index (χ1v) is 27.5. The summed E-state index contributed by atoms with van der Waals surface area (Å²) in [7, 11) is 0. The average Bonchev–Trinajstić information content (AvgIpc) is 3.27. The molecule has 0 N–H and O–H groups in total. The largest absolute Gasteiger partial charge is 0.462 e. The Labute approximate surface area is 387 Å². The minimum Gasteiger partial charge on any atom is -0.462 e. The lowest BCUT2D eigenvalue weighted by atomic mass is 10.1. The van der Waals surface area contributed by atoms with Crippen LogP contribution in [-0.2, 0) is 23.8 Å². The maximum atomic E-state index is 12.8. The molecule has 0 fully saturated rings. The van der Waals surface area contributed by atoms with Crippen LogP contribution in [0.3, 0.4) is 0 Å². The van der Waals surface area contributed by atoms with Crippen molar-refractivity contribution in [1.82, 2.24) is 0 Å². The van der Waals surface area contributed by atoms with E-state index in [1.165, 1.54) is 193 Å². The van der Waals surface area contributed by atoms with Gasteiger partial charge in [-0.3, -0.25) is 9.59 Å². The summed E-state index contributed by atoms with van der Waals surface area (Å²) < 4.78 is 17.4. The Morgan fingerprint density at radius 1 is 0.339 bits per heavy atom. The van der Waals surface area contributed by atoms with Crippen LogP contribution in [0.1, 0.15) is 290 Å². The smallest absolute Gasteiger partial charge is 0.306 e. The molecule has 0 aliphatic rings. The van der Waals surface area contributed by atoms with Gasteiger partial charge in [0.25, 0.3) is 0 Å². The Morgan fingerprint density at radius 3 is 0.984 bits per heavy atom. The average molecular weight is 871 g/mol. The van der Waals surface area contributed by atoms with Crippen molar-refractivity contribution in [2.45, 2.75) is 297 Å². The molecule has 0 amide bonds. The van der Waals surface area contributed by atoms with Crippen LogP contribution < -0.4 is 0 Å². The number of rotatable bonds is 51. The van der Waals surface area contributed by atoms with Gasteiger partial charge in [-0.2, -0.15) is 0 Å². The number of hydrogen-bond acceptors (Lipinski definition) is 5. The summed E-state index contributed by atoms with van der Waals surface area (Å²) in [5, 5.41) is 0. The fourth-order valence-electron chi connectivity index (χ4n) is 7.97. The van der Waals surface area contributed by atoms with Crippen molar-refractivity contribution >= 4 is 11.9 Å². The van der Waals surface area contributed by atoms with Crippen LogP contribution in [0.15, 0.2) is 36.5 Å². The van der Waals surface area contributed by atoms with Crippen molar-refractivity contribution in [2.75, 3.05) is 19.8 Å². The monoisotopic (exact) mass is 871 g/mol. The molecular weight excluding hydrogens is 765 g/mol. The third-order valence-electron chi connectivity index (χ3n) is 12.1. The topological polar surface area (TPSA) is 61.8 Å². The van der Waals surface area contributed by atoms with Crippen LogP contribution in [0, 0.1) is 0 Å². The number of carbonyl (C=O) groups is 2. The Morgan fingerprint density at radius 2 is 0.629 bits per heavy atom. The second-order valence-corrected chi connectivity index (χ2v) is 18.5. The standard InChI is InChI=1S/C57H106O5/c1-4-7-10-13-16-19-22-25-28-31-34-37-40-43-46-49-52-60-53-55(62-57(59)51-48-45-42-39-36-33-30-27-24-21-18-15-12-9-6-3)54-61-56(58)50-47-44-41-38-35-32-29-26-23-20-17-14-11-8-5-2/h25-30,55H,4-24,31-54H2,1-3H3/b28-25+,29-26-,30-27-/t55-/m1/s1. The molecule has 0 unspecified atom stereocenters. The third-order valence-corrected chi connectivity index (χ3v) is 12.1. The van der Waals surface area contributed by atoms with Gasteiger partial charge in [0.2, 0.25) is 0 Å². The SMILES string of the molecule is CCCCCCCC/C=C\CCCCCCCC(=O)OC[C@@H](COCCCCCCCC/C=C/CCCCCCCC)OC(=O)CCCCCCC/C=C\CCCCCCCC. The van der Waals surface area contributed by atoms with E-state index < -0.39 is 6.10 Å². The molecule has 0 rings (SSSR count). The number of ether oxygens (including phenoxy) is 3. The fraction of sp³-hybridized carbons (Fsp3) is 0.860. The minimum atomic E-state index is -0.544. The van der Waals surface area contributed by atoms with Crippen molar-refractivity contribution < 1.29 is 23.8 Å². The van der Waals surface area contributed by atoms with E-state index in [0.717, 1.165) is 64.2 Å². The Hall–Kier alpha value is -1.88. The third kappa shape index (κ3) is 50.8. The molecule has 0 radical (unpaired) electrons. The second kappa shape index (κ2) is 53.5. The Bertz CT molecular complexity index is 986. The molecule has 364 valence electrons. The van der Waals surface area contributed by atoms with Crippen LogP contribution in [0.25, 0.3) is 0 Å². The molecule has 0 aliphatic heterocycles. The molecule has 0 spiro atoms. The molecule has 0 aromatic carbocycles. The zero-order valence-corrected chi connectivity index (χ0v) is 41.9. The molecule has 0 bridgehead atoms. The van der Waals surface area contributed by atoms with E-state index in [1.807, 2.05) is 0 Å². The highest BCUT2D eigenvalue weighted by molar-refractivity contribution is 5.70. The van der Waals surface area contributed by atoms with Gasteiger partial charge in [-0.05, 0) is 96.3 Å². The van der Waals surface area contributed by atoms with Crippen LogP contribution in [-0.4, -0.2) is 37.9 Å². The number of esters is 2. The quantitative estimate of drug-likeness (QED) is 0.0346. The van der Waals surface area contributed by atoms with E-state index in [9.17, 15) is 9.59 Å². The van der Waals surface area contributed by atoms with Gasteiger partial charge in [0.15, 0.2) is 6.10 Å². The highest BCUT2D eigenvalue weighted by Gasteiger charge is 2.17. The molecule has 0 saturated carbocycles. The van der Waals surface area contributed by atoms with Crippen molar-refractivity contribution in [2.24, 2.45) is 0 Å². The molecule has 0 aliphatic carbocycles. The summed E-state index contributed by atoms with van der Waals surface area (Å²) in [5.74, 6) is -0.406. The summed E-state index contributed by atoms with van der Waals surface area (Å²) in [4.78, 5) is 25.4. The summed E-state index contributed by atoms with van der Waals surface area (Å²) in [6.45, 7) is 7.83. The number of allylic oxidation sites excluding steroid dienone is 6. The van der Waals surface area contributed by atoms with E-state index in [2.05, 4.69) is 57.2 Å².